The van der Waals surface area contributed by atoms with Crippen LogP contribution in [0.2, 0.25) is 10.0 Å². The number of ether oxygens (including phenoxy) is 1. The average molecular weight is 635 g/mol. The van der Waals surface area contributed by atoms with E-state index in [-0.39, 0.29) is 11.6 Å². The van der Waals surface area contributed by atoms with Gasteiger partial charge in [0.25, 0.3) is 11.8 Å². The second-order valence-corrected chi connectivity index (χ2v) is 11.7. The molecular weight excluding hydrogens is 605 g/mol. The molecule has 0 aliphatic heterocycles. The third-order valence-electron chi connectivity index (χ3n) is 6.22. The van der Waals surface area contributed by atoms with Gasteiger partial charge in [-0.15, -0.1) is 11.8 Å². The van der Waals surface area contributed by atoms with Crippen LogP contribution in [0.3, 0.4) is 0 Å². The van der Waals surface area contributed by atoms with Crippen molar-refractivity contribution in [3.63, 3.8) is 0 Å². The number of carbonyl (C=O) groups excluding carboxylic acids is 3. The van der Waals surface area contributed by atoms with Crippen LogP contribution in [-0.2, 0) is 9.59 Å². The quantitative estimate of drug-likeness (QED) is 0.122. The molecule has 4 aromatic carbocycles. The average Bonchev–Trinajstić information content (AvgIpc) is 2.99. The zero-order valence-corrected chi connectivity index (χ0v) is 25.9. The van der Waals surface area contributed by atoms with Crippen molar-refractivity contribution in [2.24, 2.45) is 0 Å². The molecule has 10 heteroatoms. The Kier molecular flexibility index (Phi) is 10.9. The molecule has 0 bridgehead atoms. The van der Waals surface area contributed by atoms with E-state index in [1.165, 1.54) is 18.9 Å². The standard InChI is InChI=1S/C33H29Cl2N3O4S/c1-20-16-28(30(42-3)19-27(20)35)37-31(39)21(2)43-26-14-12-25(13-15-26)36-33(41)29(18-22-8-7-11-24(34)17-22)38-32(40)23-9-5-4-6-10-23/h4-19,21H,1-3H3,(H,36,41)(H,37,39)(H,38,40)/b29-18-. The zero-order valence-electron chi connectivity index (χ0n) is 23.6. The van der Waals surface area contributed by atoms with Crippen LogP contribution in [0.5, 0.6) is 5.75 Å². The van der Waals surface area contributed by atoms with Gasteiger partial charge in [0.1, 0.15) is 11.4 Å². The van der Waals surface area contributed by atoms with Crippen LogP contribution in [0, 0.1) is 6.92 Å². The summed E-state index contributed by atoms with van der Waals surface area (Å²) in [5, 5.41) is 9.06. The number of halogens is 2. The van der Waals surface area contributed by atoms with Crippen LogP contribution >= 0.6 is 35.0 Å². The highest BCUT2D eigenvalue weighted by Crippen LogP contribution is 2.32. The Hall–Kier alpha value is -4.24. The summed E-state index contributed by atoms with van der Waals surface area (Å²) in [6.45, 7) is 3.65. The number of hydrogen-bond acceptors (Lipinski definition) is 5. The third kappa shape index (κ3) is 8.88. The Labute approximate surface area is 264 Å². The van der Waals surface area contributed by atoms with Gasteiger partial charge in [-0.25, -0.2) is 0 Å². The van der Waals surface area contributed by atoms with E-state index in [4.69, 9.17) is 27.9 Å². The van der Waals surface area contributed by atoms with Crippen molar-refractivity contribution in [2.75, 3.05) is 17.7 Å². The fraction of sp³-hybridized carbons (Fsp3) is 0.121. The van der Waals surface area contributed by atoms with Crippen molar-refractivity contribution >= 4 is 70.1 Å². The predicted octanol–water partition coefficient (Wildman–Crippen LogP) is 7.84. The lowest BCUT2D eigenvalue weighted by Crippen LogP contribution is -2.30. The zero-order chi connectivity index (χ0) is 30.9. The number of hydrogen-bond donors (Lipinski definition) is 3. The molecule has 43 heavy (non-hydrogen) atoms. The minimum Gasteiger partial charge on any atom is -0.495 e. The molecule has 0 saturated heterocycles. The molecule has 0 spiro atoms. The van der Waals surface area contributed by atoms with Crippen LogP contribution in [0.4, 0.5) is 11.4 Å². The van der Waals surface area contributed by atoms with Crippen molar-refractivity contribution in [1.29, 1.82) is 0 Å². The van der Waals surface area contributed by atoms with Gasteiger partial charge in [-0.3, -0.25) is 14.4 Å². The normalized spacial score (nSPS) is 11.8. The molecular formula is C33H29Cl2N3O4S. The fourth-order valence-electron chi connectivity index (χ4n) is 3.94. The molecule has 0 heterocycles. The van der Waals surface area contributed by atoms with Crippen molar-refractivity contribution in [1.82, 2.24) is 5.32 Å². The number of benzene rings is 4. The monoisotopic (exact) mass is 633 g/mol. The first-order valence-electron chi connectivity index (χ1n) is 13.2. The molecule has 4 rings (SSSR count). The van der Waals surface area contributed by atoms with Gasteiger partial charge in [0.2, 0.25) is 5.91 Å². The van der Waals surface area contributed by atoms with E-state index >= 15 is 0 Å². The number of aryl methyl sites for hydroxylation is 1. The van der Waals surface area contributed by atoms with Gasteiger partial charge in [0.05, 0.1) is 18.0 Å². The Morgan fingerprint density at radius 1 is 0.884 bits per heavy atom. The summed E-state index contributed by atoms with van der Waals surface area (Å²) in [6, 6.07) is 26.1. The highest BCUT2D eigenvalue weighted by atomic mass is 35.5. The second-order valence-electron chi connectivity index (χ2n) is 9.46. The molecule has 3 N–H and O–H groups in total. The van der Waals surface area contributed by atoms with Gasteiger partial charge < -0.3 is 20.7 Å². The lowest BCUT2D eigenvalue weighted by molar-refractivity contribution is -0.115. The highest BCUT2D eigenvalue weighted by molar-refractivity contribution is 8.00. The summed E-state index contributed by atoms with van der Waals surface area (Å²) in [5.41, 5.74) is 2.99. The molecule has 0 radical (unpaired) electrons. The molecule has 4 aromatic rings. The smallest absolute Gasteiger partial charge is 0.272 e. The maximum atomic E-state index is 13.3. The predicted molar refractivity (Wildman–Crippen MR) is 175 cm³/mol. The molecule has 1 atom stereocenters. The van der Waals surface area contributed by atoms with Crippen LogP contribution < -0.4 is 20.7 Å². The van der Waals surface area contributed by atoms with E-state index in [2.05, 4.69) is 16.0 Å². The maximum Gasteiger partial charge on any atom is 0.272 e. The SMILES string of the molecule is COc1cc(Cl)c(C)cc1NC(=O)C(C)Sc1ccc(NC(=O)/C(=C/c2cccc(Cl)c2)NC(=O)c2ccccc2)cc1. The molecule has 3 amide bonds. The fourth-order valence-corrected chi connectivity index (χ4v) is 5.16. The van der Waals surface area contributed by atoms with Gasteiger partial charge in [-0.1, -0.05) is 53.5 Å². The Morgan fingerprint density at radius 3 is 2.28 bits per heavy atom. The molecule has 0 aliphatic rings. The maximum absolute atomic E-state index is 13.3. The van der Waals surface area contributed by atoms with Gasteiger partial charge in [-0.2, -0.15) is 0 Å². The van der Waals surface area contributed by atoms with Crippen LogP contribution in [0.1, 0.15) is 28.4 Å². The minimum absolute atomic E-state index is 0.0488. The number of amides is 3. The first-order valence-corrected chi connectivity index (χ1v) is 14.8. The number of thioether (sulfide) groups is 1. The van der Waals surface area contributed by atoms with E-state index < -0.39 is 17.1 Å². The van der Waals surface area contributed by atoms with E-state index in [0.717, 1.165) is 10.5 Å². The number of anilines is 2. The van der Waals surface area contributed by atoms with Gasteiger partial charge >= 0.3 is 0 Å². The van der Waals surface area contributed by atoms with Crippen molar-refractivity contribution in [3.8, 4) is 5.75 Å². The Bertz CT molecular complexity index is 1660. The topological polar surface area (TPSA) is 96.5 Å². The summed E-state index contributed by atoms with van der Waals surface area (Å²) >= 11 is 13.7. The molecule has 0 saturated carbocycles. The second kappa shape index (κ2) is 14.8. The van der Waals surface area contributed by atoms with E-state index in [0.29, 0.717) is 38.3 Å². The summed E-state index contributed by atoms with van der Waals surface area (Å²) in [5.74, 6) is -0.656. The first-order chi connectivity index (χ1) is 20.6. The lowest BCUT2D eigenvalue weighted by Gasteiger charge is -2.16. The van der Waals surface area contributed by atoms with E-state index in [1.807, 2.05) is 6.92 Å². The van der Waals surface area contributed by atoms with E-state index in [9.17, 15) is 14.4 Å². The molecule has 0 aromatic heterocycles. The summed E-state index contributed by atoms with van der Waals surface area (Å²) in [6.07, 6.45) is 1.56. The highest BCUT2D eigenvalue weighted by Gasteiger charge is 2.18. The third-order valence-corrected chi connectivity index (χ3v) is 7.98. The van der Waals surface area contributed by atoms with Crippen molar-refractivity contribution in [2.45, 2.75) is 24.0 Å². The van der Waals surface area contributed by atoms with Crippen LogP contribution in [0.25, 0.3) is 6.08 Å². The molecule has 0 aliphatic carbocycles. The number of methoxy groups -OCH3 is 1. The van der Waals surface area contributed by atoms with Gasteiger partial charge in [-0.05, 0) is 85.6 Å². The van der Waals surface area contributed by atoms with Gasteiger partial charge in [0, 0.05) is 32.3 Å². The van der Waals surface area contributed by atoms with Crippen LogP contribution in [0.15, 0.2) is 102 Å². The van der Waals surface area contributed by atoms with E-state index in [1.54, 1.807) is 104 Å². The minimum atomic E-state index is -0.510. The number of rotatable bonds is 10. The Balaban J connectivity index is 1.43. The first kappa shape index (κ1) is 31.7. The van der Waals surface area contributed by atoms with Gasteiger partial charge in [0.15, 0.2) is 0 Å². The van der Waals surface area contributed by atoms with Crippen molar-refractivity contribution in [3.05, 3.63) is 123 Å². The molecule has 0 fully saturated rings. The summed E-state index contributed by atoms with van der Waals surface area (Å²) < 4.78 is 5.35. The summed E-state index contributed by atoms with van der Waals surface area (Å²) in [4.78, 5) is 39.9. The molecule has 1 unspecified atom stereocenters. The number of nitrogens with one attached hydrogen (secondary N) is 3. The Morgan fingerprint density at radius 2 is 1.60 bits per heavy atom. The lowest BCUT2D eigenvalue weighted by atomic mass is 10.1. The summed E-state index contributed by atoms with van der Waals surface area (Å²) in [7, 11) is 1.52. The van der Waals surface area contributed by atoms with Crippen molar-refractivity contribution < 1.29 is 19.1 Å². The molecule has 220 valence electrons. The largest absolute Gasteiger partial charge is 0.495 e. The molecule has 7 nitrogen and oxygen atoms in total. The van der Waals surface area contributed by atoms with Crippen LogP contribution in [-0.4, -0.2) is 30.1 Å². The number of carbonyl (C=O) groups is 3.